The van der Waals surface area contributed by atoms with Gasteiger partial charge >= 0.3 is 0 Å². The number of hydrogen-bond donors (Lipinski definition) is 2. The molecule has 0 aliphatic rings. The molecule has 0 aromatic carbocycles. The van der Waals surface area contributed by atoms with E-state index >= 15 is 0 Å². The van der Waals surface area contributed by atoms with Crippen molar-refractivity contribution in [2.75, 3.05) is 0 Å². The van der Waals surface area contributed by atoms with E-state index in [2.05, 4.69) is 12.2 Å². The van der Waals surface area contributed by atoms with Crippen molar-refractivity contribution in [2.24, 2.45) is 5.14 Å². The fourth-order valence-electron chi connectivity index (χ4n) is 1.74. The SMILES string of the molecule is CCCCC(C)NC(=O)c1cc(S(N)(=O)=O)c(C)o1. The van der Waals surface area contributed by atoms with Crippen LogP contribution in [0.3, 0.4) is 0 Å². The van der Waals surface area contributed by atoms with Gasteiger partial charge < -0.3 is 9.73 Å². The average Bonchev–Trinajstić information content (AvgIpc) is 2.68. The van der Waals surface area contributed by atoms with Gasteiger partial charge in [0.25, 0.3) is 5.91 Å². The summed E-state index contributed by atoms with van der Waals surface area (Å²) < 4.78 is 27.6. The van der Waals surface area contributed by atoms with Gasteiger partial charge in [-0.05, 0) is 20.3 Å². The van der Waals surface area contributed by atoms with Crippen LogP contribution >= 0.6 is 0 Å². The first-order valence-electron chi connectivity index (χ1n) is 6.19. The molecule has 0 bridgehead atoms. The molecular formula is C12H20N2O4S. The topological polar surface area (TPSA) is 102 Å². The molecule has 1 unspecified atom stereocenters. The molecule has 0 saturated carbocycles. The number of aryl methyl sites for hydroxylation is 1. The van der Waals surface area contributed by atoms with E-state index in [9.17, 15) is 13.2 Å². The molecule has 0 fully saturated rings. The lowest BCUT2D eigenvalue weighted by Crippen LogP contribution is -2.32. The van der Waals surface area contributed by atoms with Gasteiger partial charge in [-0.2, -0.15) is 0 Å². The van der Waals surface area contributed by atoms with Gasteiger partial charge in [0, 0.05) is 12.1 Å². The summed E-state index contributed by atoms with van der Waals surface area (Å²) in [5.74, 6) is -0.347. The van der Waals surface area contributed by atoms with Gasteiger partial charge in [0.2, 0.25) is 10.0 Å². The maximum Gasteiger partial charge on any atom is 0.287 e. The number of carbonyl (C=O) groups excluding carboxylic acids is 1. The van der Waals surface area contributed by atoms with Gasteiger partial charge in [0.1, 0.15) is 10.7 Å². The Balaban J connectivity index is 2.79. The summed E-state index contributed by atoms with van der Waals surface area (Å²) in [5, 5.41) is 7.77. The number of carbonyl (C=O) groups is 1. The van der Waals surface area contributed by atoms with E-state index in [0.29, 0.717) is 0 Å². The average molecular weight is 288 g/mol. The quantitative estimate of drug-likeness (QED) is 0.828. The molecule has 1 amide bonds. The minimum Gasteiger partial charge on any atom is -0.455 e. The lowest BCUT2D eigenvalue weighted by Gasteiger charge is -2.11. The zero-order chi connectivity index (χ0) is 14.6. The highest BCUT2D eigenvalue weighted by Crippen LogP contribution is 2.18. The summed E-state index contributed by atoms with van der Waals surface area (Å²) in [7, 11) is -3.86. The highest BCUT2D eigenvalue weighted by Gasteiger charge is 2.21. The van der Waals surface area contributed by atoms with Gasteiger partial charge in [0.05, 0.1) is 0 Å². The Kier molecular flexibility index (Phi) is 5.13. The van der Waals surface area contributed by atoms with Gasteiger partial charge in [-0.3, -0.25) is 4.79 Å². The van der Waals surface area contributed by atoms with Crippen LogP contribution in [0.2, 0.25) is 0 Å². The second-order valence-corrected chi connectivity index (χ2v) is 6.12. The van der Waals surface area contributed by atoms with Crippen molar-refractivity contribution in [1.82, 2.24) is 5.32 Å². The Bertz CT molecular complexity index is 548. The lowest BCUT2D eigenvalue weighted by atomic mass is 10.1. The minimum absolute atomic E-state index is 0.00999. The zero-order valence-electron chi connectivity index (χ0n) is 11.4. The first kappa shape index (κ1) is 15.7. The number of furan rings is 1. The molecule has 108 valence electrons. The van der Waals surface area contributed by atoms with Gasteiger partial charge in [-0.15, -0.1) is 0 Å². The summed E-state index contributed by atoms with van der Waals surface area (Å²) in [6, 6.07) is 1.17. The standard InChI is InChI=1S/C12H20N2O4S/c1-4-5-6-8(2)14-12(15)10-7-11(9(3)18-10)19(13,16)17/h7-8H,4-6H2,1-3H3,(H,14,15)(H2,13,16,17). The maximum atomic E-state index is 11.9. The number of nitrogens with two attached hydrogens (primary N) is 1. The summed E-state index contributed by atoms with van der Waals surface area (Å²) >= 11 is 0. The van der Waals surface area contributed by atoms with Gasteiger partial charge in [-0.25, -0.2) is 13.6 Å². The molecule has 6 nitrogen and oxygen atoms in total. The molecule has 0 radical (unpaired) electrons. The monoisotopic (exact) mass is 288 g/mol. The van der Waals surface area contributed by atoms with Crippen LogP contribution < -0.4 is 10.5 Å². The minimum atomic E-state index is -3.86. The summed E-state index contributed by atoms with van der Waals surface area (Å²) in [6.07, 6.45) is 2.93. The van der Waals surface area contributed by atoms with Gasteiger partial charge in [0.15, 0.2) is 5.76 Å². The predicted octanol–water partition coefficient (Wildman–Crippen LogP) is 1.54. The number of unbranched alkanes of at least 4 members (excludes halogenated alkanes) is 1. The van der Waals surface area contributed by atoms with Crippen molar-refractivity contribution < 1.29 is 17.6 Å². The fraction of sp³-hybridized carbons (Fsp3) is 0.583. The third-order valence-corrected chi connectivity index (χ3v) is 3.79. The van der Waals surface area contributed by atoms with Crippen molar-refractivity contribution in [3.63, 3.8) is 0 Å². The molecule has 1 aromatic heterocycles. The molecule has 1 rings (SSSR count). The smallest absolute Gasteiger partial charge is 0.287 e. The molecule has 1 aromatic rings. The molecule has 1 atom stereocenters. The third kappa shape index (κ3) is 4.36. The Hall–Kier alpha value is -1.34. The summed E-state index contributed by atoms with van der Waals surface area (Å²) in [5.41, 5.74) is 0. The largest absolute Gasteiger partial charge is 0.455 e. The lowest BCUT2D eigenvalue weighted by molar-refractivity contribution is 0.0908. The molecule has 0 aliphatic carbocycles. The molecule has 3 N–H and O–H groups in total. The fourth-order valence-corrected chi connectivity index (χ4v) is 2.45. The van der Waals surface area contributed by atoms with E-state index in [1.165, 1.54) is 6.92 Å². The van der Waals surface area contributed by atoms with Crippen LogP contribution in [0, 0.1) is 6.92 Å². The second kappa shape index (κ2) is 6.21. The normalized spacial score (nSPS) is 13.3. The summed E-state index contributed by atoms with van der Waals surface area (Å²) in [4.78, 5) is 11.7. The summed E-state index contributed by atoms with van der Waals surface area (Å²) in [6.45, 7) is 5.42. The zero-order valence-corrected chi connectivity index (χ0v) is 12.2. The molecule has 19 heavy (non-hydrogen) atoms. The molecule has 0 aliphatic heterocycles. The van der Waals surface area contributed by atoms with E-state index in [0.717, 1.165) is 25.3 Å². The highest BCUT2D eigenvalue weighted by molar-refractivity contribution is 7.89. The van der Waals surface area contributed by atoms with Crippen molar-refractivity contribution in [2.45, 2.75) is 51.0 Å². The number of primary sulfonamides is 1. The number of hydrogen-bond acceptors (Lipinski definition) is 4. The number of nitrogens with one attached hydrogen (secondary N) is 1. The Morgan fingerprint density at radius 1 is 1.53 bits per heavy atom. The number of rotatable bonds is 6. The van der Waals surface area contributed by atoms with Crippen LogP contribution in [0.25, 0.3) is 0 Å². The first-order valence-corrected chi connectivity index (χ1v) is 7.74. The van der Waals surface area contributed by atoms with Crippen molar-refractivity contribution in [1.29, 1.82) is 0 Å². The molecule has 0 spiro atoms. The Morgan fingerprint density at radius 2 is 2.16 bits per heavy atom. The number of sulfonamides is 1. The van der Waals surface area contributed by atoms with Crippen LogP contribution in [0.15, 0.2) is 15.4 Å². The second-order valence-electron chi connectivity index (χ2n) is 4.59. The predicted molar refractivity (Wildman–Crippen MR) is 71.3 cm³/mol. The Morgan fingerprint density at radius 3 is 2.63 bits per heavy atom. The van der Waals surface area contributed by atoms with Crippen molar-refractivity contribution in [3.8, 4) is 0 Å². The van der Waals surface area contributed by atoms with Crippen LogP contribution in [0.5, 0.6) is 0 Å². The van der Waals surface area contributed by atoms with E-state index in [1.54, 1.807) is 0 Å². The maximum absolute atomic E-state index is 11.9. The van der Waals surface area contributed by atoms with Crippen LogP contribution in [-0.4, -0.2) is 20.4 Å². The van der Waals surface area contributed by atoms with E-state index in [-0.39, 0.29) is 22.5 Å². The van der Waals surface area contributed by atoms with E-state index in [4.69, 9.17) is 9.56 Å². The third-order valence-electron chi connectivity index (χ3n) is 2.77. The van der Waals surface area contributed by atoms with Crippen LogP contribution in [-0.2, 0) is 10.0 Å². The molecule has 0 saturated heterocycles. The van der Waals surface area contributed by atoms with E-state index in [1.807, 2.05) is 6.92 Å². The van der Waals surface area contributed by atoms with Crippen molar-refractivity contribution >= 4 is 15.9 Å². The van der Waals surface area contributed by atoms with Crippen LogP contribution in [0.1, 0.15) is 49.4 Å². The van der Waals surface area contributed by atoms with Gasteiger partial charge in [-0.1, -0.05) is 19.8 Å². The Labute approximate surface area is 113 Å². The first-order chi connectivity index (χ1) is 8.75. The molecular weight excluding hydrogens is 268 g/mol. The molecule has 1 heterocycles. The van der Waals surface area contributed by atoms with Crippen molar-refractivity contribution in [3.05, 3.63) is 17.6 Å². The van der Waals surface area contributed by atoms with E-state index < -0.39 is 15.9 Å². The van der Waals surface area contributed by atoms with Crippen LogP contribution in [0.4, 0.5) is 0 Å². The highest BCUT2D eigenvalue weighted by atomic mass is 32.2. The molecule has 7 heteroatoms. The number of amides is 1.